The Balaban J connectivity index is 1.62. The van der Waals surface area contributed by atoms with Gasteiger partial charge >= 0.3 is 6.18 Å². The first-order chi connectivity index (χ1) is 18.0. The van der Waals surface area contributed by atoms with E-state index in [0.717, 1.165) is 18.1 Å². The molecular formula is C22H22F3N7O5S2. The van der Waals surface area contributed by atoms with E-state index in [1.54, 1.807) is 18.2 Å². The minimum atomic E-state index is -4.80. The smallest absolute Gasteiger partial charge is 0.365 e. The maximum absolute atomic E-state index is 13.7. The highest BCUT2D eigenvalue weighted by Gasteiger charge is 2.35. The Morgan fingerprint density at radius 1 is 0.949 bits per heavy atom. The highest BCUT2D eigenvalue weighted by Crippen LogP contribution is 2.35. The fourth-order valence-corrected chi connectivity index (χ4v) is 4.82. The van der Waals surface area contributed by atoms with Crippen LogP contribution in [-0.2, 0) is 44.0 Å². The average Bonchev–Trinajstić information content (AvgIpc) is 3.14. The van der Waals surface area contributed by atoms with Crippen molar-refractivity contribution in [1.29, 1.82) is 0 Å². The number of nitrogens with one attached hydrogen (secondary N) is 5. The molecule has 0 saturated carbocycles. The standard InChI is InChI=1S/C22H22F3N7O5S2/c1-38(34,35)31-15-5-12(6-16(8-15)32-39(2,36)37)10-26-20-17(22(23,24)25)11-27-21(30-20)28-14-4-3-13-7-19(33)29-18(13)9-14/h3-6,8-9,11,31-32H,7,10H2,1-2H3,(H,29,33)(H2,26,27,28,30). The van der Waals surface area contributed by atoms with Gasteiger partial charge in [0.25, 0.3) is 0 Å². The average molecular weight is 586 g/mol. The third-order valence-corrected chi connectivity index (χ3v) is 6.36. The number of fused-ring (bicyclic) bond motifs is 1. The van der Waals surface area contributed by atoms with Crippen LogP contribution in [0.1, 0.15) is 16.7 Å². The quantitative estimate of drug-likeness (QED) is 0.253. The van der Waals surface area contributed by atoms with Gasteiger partial charge in [0.2, 0.25) is 31.9 Å². The number of benzene rings is 2. The molecule has 17 heteroatoms. The highest BCUT2D eigenvalue weighted by molar-refractivity contribution is 7.92. The molecule has 1 amide bonds. The molecule has 1 aromatic heterocycles. The molecule has 0 fully saturated rings. The van der Waals surface area contributed by atoms with Crippen LogP contribution >= 0.6 is 0 Å². The molecule has 39 heavy (non-hydrogen) atoms. The molecule has 5 N–H and O–H groups in total. The number of rotatable bonds is 9. The van der Waals surface area contributed by atoms with Gasteiger partial charge in [0, 0.05) is 24.1 Å². The predicted molar refractivity (Wildman–Crippen MR) is 140 cm³/mol. The summed E-state index contributed by atoms with van der Waals surface area (Å²) in [6.07, 6.45) is -2.20. The molecule has 3 aromatic rings. The first-order valence-corrected chi connectivity index (χ1v) is 14.8. The van der Waals surface area contributed by atoms with Crippen LogP contribution in [0.5, 0.6) is 0 Å². The van der Waals surface area contributed by atoms with Gasteiger partial charge in [0.15, 0.2) is 0 Å². The topological polar surface area (TPSA) is 171 Å². The van der Waals surface area contributed by atoms with Gasteiger partial charge in [-0.15, -0.1) is 0 Å². The van der Waals surface area contributed by atoms with Crippen LogP contribution in [0.4, 0.5) is 47.7 Å². The molecule has 4 rings (SSSR count). The Labute approximate surface area is 221 Å². The monoisotopic (exact) mass is 585 g/mol. The lowest BCUT2D eigenvalue weighted by Crippen LogP contribution is -2.15. The normalized spacial score (nSPS) is 13.4. The van der Waals surface area contributed by atoms with Gasteiger partial charge in [-0.25, -0.2) is 21.8 Å². The Kier molecular flexibility index (Phi) is 7.31. The molecular weight excluding hydrogens is 563 g/mol. The second-order valence-corrected chi connectivity index (χ2v) is 12.2. The summed E-state index contributed by atoms with van der Waals surface area (Å²) in [5.41, 5.74) is 0.840. The van der Waals surface area contributed by atoms with Gasteiger partial charge < -0.3 is 16.0 Å². The number of nitrogens with zero attached hydrogens (tertiary/aromatic N) is 2. The van der Waals surface area contributed by atoms with E-state index in [1.165, 1.54) is 18.2 Å². The Morgan fingerprint density at radius 3 is 2.18 bits per heavy atom. The number of hydrogen-bond donors (Lipinski definition) is 5. The molecule has 0 atom stereocenters. The van der Waals surface area contributed by atoms with Crippen molar-refractivity contribution in [2.24, 2.45) is 0 Å². The number of anilines is 6. The number of halogens is 3. The van der Waals surface area contributed by atoms with E-state index in [0.29, 0.717) is 17.6 Å². The van der Waals surface area contributed by atoms with Gasteiger partial charge in [-0.3, -0.25) is 14.2 Å². The molecule has 0 saturated heterocycles. The molecule has 12 nitrogen and oxygen atoms in total. The van der Waals surface area contributed by atoms with E-state index < -0.39 is 37.6 Å². The van der Waals surface area contributed by atoms with E-state index >= 15 is 0 Å². The number of carbonyl (C=O) groups is 1. The van der Waals surface area contributed by atoms with E-state index in [1.807, 2.05) is 0 Å². The fraction of sp³-hybridized carbons (Fsp3) is 0.227. The van der Waals surface area contributed by atoms with Gasteiger partial charge in [-0.05, 0) is 41.5 Å². The molecule has 1 aliphatic rings. The minimum absolute atomic E-state index is 0.00672. The van der Waals surface area contributed by atoms with Crippen molar-refractivity contribution < 1.29 is 34.8 Å². The van der Waals surface area contributed by atoms with Crippen molar-refractivity contribution in [1.82, 2.24) is 9.97 Å². The van der Waals surface area contributed by atoms with E-state index in [4.69, 9.17) is 0 Å². The molecule has 0 spiro atoms. The van der Waals surface area contributed by atoms with Crippen LogP contribution in [0.15, 0.2) is 42.6 Å². The summed E-state index contributed by atoms with van der Waals surface area (Å²) < 4.78 is 92.2. The van der Waals surface area contributed by atoms with Gasteiger partial charge in [0.05, 0.1) is 30.3 Å². The van der Waals surface area contributed by atoms with Gasteiger partial charge in [-0.2, -0.15) is 18.2 Å². The number of sulfonamides is 2. The lowest BCUT2D eigenvalue weighted by Gasteiger charge is -2.16. The Bertz CT molecular complexity index is 1610. The van der Waals surface area contributed by atoms with Crippen LogP contribution in [-0.4, -0.2) is 45.2 Å². The molecule has 0 aliphatic carbocycles. The third-order valence-electron chi connectivity index (χ3n) is 5.14. The molecule has 208 valence electrons. The lowest BCUT2D eigenvalue weighted by molar-refractivity contribution is -0.137. The number of amides is 1. The maximum atomic E-state index is 13.7. The van der Waals surface area contributed by atoms with Gasteiger partial charge in [-0.1, -0.05) is 6.07 Å². The molecule has 1 aliphatic heterocycles. The second-order valence-electron chi connectivity index (χ2n) is 8.70. The summed E-state index contributed by atoms with van der Waals surface area (Å²) in [6.45, 7) is -0.290. The summed E-state index contributed by atoms with van der Waals surface area (Å²) in [4.78, 5) is 19.3. The van der Waals surface area contributed by atoms with Crippen LogP contribution in [0.2, 0.25) is 0 Å². The first kappa shape index (κ1) is 27.9. The van der Waals surface area contributed by atoms with Crippen molar-refractivity contribution in [3.8, 4) is 0 Å². The van der Waals surface area contributed by atoms with E-state index in [2.05, 4.69) is 35.4 Å². The zero-order valence-electron chi connectivity index (χ0n) is 20.3. The number of carbonyl (C=O) groups excluding carboxylic acids is 1. The zero-order chi connectivity index (χ0) is 28.6. The predicted octanol–water partition coefficient (Wildman–Crippen LogP) is 3.09. The molecule has 2 heterocycles. The van der Waals surface area contributed by atoms with E-state index in [9.17, 15) is 34.8 Å². The number of hydrogen-bond acceptors (Lipinski definition) is 9. The zero-order valence-corrected chi connectivity index (χ0v) is 22.0. The van der Waals surface area contributed by atoms with Crippen molar-refractivity contribution in [3.05, 3.63) is 59.3 Å². The lowest BCUT2D eigenvalue weighted by atomic mass is 10.1. The van der Waals surface area contributed by atoms with Gasteiger partial charge in [0.1, 0.15) is 11.4 Å². The molecule has 0 bridgehead atoms. The first-order valence-electron chi connectivity index (χ1n) is 11.0. The summed E-state index contributed by atoms with van der Waals surface area (Å²) in [5.74, 6) is -0.916. The largest absolute Gasteiger partial charge is 0.421 e. The van der Waals surface area contributed by atoms with Crippen molar-refractivity contribution in [3.63, 3.8) is 0 Å². The summed E-state index contributed by atoms with van der Waals surface area (Å²) in [6, 6.07) is 8.80. The number of aromatic nitrogens is 2. The summed E-state index contributed by atoms with van der Waals surface area (Å²) in [7, 11) is -7.48. The number of alkyl halides is 3. The van der Waals surface area contributed by atoms with Crippen LogP contribution in [0, 0.1) is 0 Å². The maximum Gasteiger partial charge on any atom is 0.421 e. The van der Waals surface area contributed by atoms with Crippen molar-refractivity contribution in [2.45, 2.75) is 19.1 Å². The summed E-state index contributed by atoms with van der Waals surface area (Å²) >= 11 is 0. The Hall–Kier alpha value is -4.12. The third kappa shape index (κ3) is 7.70. The second kappa shape index (κ2) is 10.2. The molecule has 0 radical (unpaired) electrons. The van der Waals surface area contributed by atoms with Crippen LogP contribution in [0.25, 0.3) is 0 Å². The minimum Gasteiger partial charge on any atom is -0.365 e. The SMILES string of the molecule is CS(=O)(=O)Nc1cc(CNc2nc(Nc3ccc4c(c3)NC(=O)C4)ncc2C(F)(F)F)cc(NS(C)(=O)=O)c1. The van der Waals surface area contributed by atoms with E-state index in [-0.39, 0.29) is 41.8 Å². The molecule has 0 unspecified atom stereocenters. The molecule has 2 aromatic carbocycles. The van der Waals surface area contributed by atoms with Crippen LogP contribution in [0.3, 0.4) is 0 Å². The van der Waals surface area contributed by atoms with Crippen molar-refractivity contribution in [2.75, 3.05) is 37.9 Å². The Morgan fingerprint density at radius 2 is 1.59 bits per heavy atom. The highest BCUT2D eigenvalue weighted by atomic mass is 32.2. The van der Waals surface area contributed by atoms with Crippen molar-refractivity contribution >= 4 is 60.5 Å². The van der Waals surface area contributed by atoms with Crippen LogP contribution < -0.4 is 25.4 Å². The summed E-state index contributed by atoms with van der Waals surface area (Å²) in [5, 5.41) is 8.04. The fourth-order valence-electron chi connectivity index (χ4n) is 3.73.